The van der Waals surface area contributed by atoms with Gasteiger partial charge in [-0.05, 0) is 36.8 Å². The molecule has 2 heterocycles. The molecule has 8 heteroatoms. The van der Waals surface area contributed by atoms with Crippen LogP contribution in [-0.4, -0.2) is 35.3 Å². The Labute approximate surface area is 177 Å². The summed E-state index contributed by atoms with van der Waals surface area (Å²) in [6.45, 7) is 2.00. The Bertz CT molecular complexity index is 1220. The first kappa shape index (κ1) is 19.8. The number of hydrogen-bond acceptors (Lipinski definition) is 7. The number of pyridine rings is 1. The standard InChI is InChI=1S/C22H20N4O3S/c1-4-20-25-26-22(30-20)24-21(27)15-12-17(23-16-8-6-5-7-14(15)16)13-9-10-18(28-2)19(11-13)29-3/h5-12H,4H2,1-3H3,(H,24,26,27). The number of para-hydroxylation sites is 1. The Balaban J connectivity index is 1.79. The average molecular weight is 420 g/mol. The van der Waals surface area contributed by atoms with Crippen molar-refractivity contribution in [3.8, 4) is 22.8 Å². The van der Waals surface area contributed by atoms with Crippen molar-refractivity contribution < 1.29 is 14.3 Å². The fourth-order valence-corrected chi connectivity index (χ4v) is 3.79. The van der Waals surface area contributed by atoms with Gasteiger partial charge in [0, 0.05) is 10.9 Å². The van der Waals surface area contributed by atoms with Crippen molar-refractivity contribution in [1.29, 1.82) is 0 Å². The van der Waals surface area contributed by atoms with Gasteiger partial charge < -0.3 is 9.47 Å². The van der Waals surface area contributed by atoms with E-state index in [-0.39, 0.29) is 5.91 Å². The van der Waals surface area contributed by atoms with Crippen molar-refractivity contribution >= 4 is 33.3 Å². The van der Waals surface area contributed by atoms with E-state index in [1.54, 1.807) is 20.3 Å². The molecule has 0 fully saturated rings. The second-order valence-electron chi connectivity index (χ2n) is 6.45. The third kappa shape index (κ3) is 3.81. The molecule has 1 amide bonds. The molecule has 0 aliphatic carbocycles. The van der Waals surface area contributed by atoms with Crippen LogP contribution in [0.4, 0.5) is 5.13 Å². The fraction of sp³-hybridized carbons (Fsp3) is 0.182. The van der Waals surface area contributed by atoms with Gasteiger partial charge in [-0.3, -0.25) is 10.1 Å². The molecule has 0 bridgehead atoms. The number of methoxy groups -OCH3 is 2. The lowest BCUT2D eigenvalue weighted by molar-refractivity contribution is 0.102. The molecule has 0 unspecified atom stereocenters. The Kier molecular flexibility index (Phi) is 5.58. The van der Waals surface area contributed by atoms with Gasteiger partial charge in [0.2, 0.25) is 5.13 Å². The number of rotatable bonds is 6. The summed E-state index contributed by atoms with van der Waals surface area (Å²) in [6, 6.07) is 14.9. The predicted molar refractivity (Wildman–Crippen MR) is 118 cm³/mol. The maximum Gasteiger partial charge on any atom is 0.258 e. The lowest BCUT2D eigenvalue weighted by Crippen LogP contribution is -2.13. The van der Waals surface area contributed by atoms with Crippen LogP contribution in [0.2, 0.25) is 0 Å². The van der Waals surface area contributed by atoms with Crippen molar-refractivity contribution in [2.24, 2.45) is 0 Å². The molecule has 2 aromatic heterocycles. The van der Waals surface area contributed by atoms with Gasteiger partial charge in [0.05, 0.1) is 31.0 Å². The monoisotopic (exact) mass is 420 g/mol. The van der Waals surface area contributed by atoms with E-state index in [1.165, 1.54) is 11.3 Å². The van der Waals surface area contributed by atoms with Crippen molar-refractivity contribution in [2.45, 2.75) is 13.3 Å². The second-order valence-corrected chi connectivity index (χ2v) is 7.51. The van der Waals surface area contributed by atoms with Crippen LogP contribution < -0.4 is 14.8 Å². The Morgan fingerprint density at radius 3 is 2.57 bits per heavy atom. The minimum absolute atomic E-state index is 0.255. The number of carbonyl (C=O) groups excluding carboxylic acids is 1. The van der Waals surface area contributed by atoms with Gasteiger partial charge in [0.15, 0.2) is 11.5 Å². The van der Waals surface area contributed by atoms with Crippen molar-refractivity contribution in [3.05, 3.63) is 59.1 Å². The zero-order valence-corrected chi connectivity index (χ0v) is 17.6. The van der Waals surface area contributed by atoms with E-state index in [0.29, 0.717) is 27.9 Å². The van der Waals surface area contributed by atoms with Crippen LogP contribution in [0.1, 0.15) is 22.3 Å². The van der Waals surface area contributed by atoms with Gasteiger partial charge in [-0.15, -0.1) is 10.2 Å². The Hall–Kier alpha value is -3.52. The summed E-state index contributed by atoms with van der Waals surface area (Å²) in [7, 11) is 3.17. The first-order valence-electron chi connectivity index (χ1n) is 9.38. The Morgan fingerprint density at radius 2 is 1.83 bits per heavy atom. The highest BCUT2D eigenvalue weighted by atomic mass is 32.1. The molecule has 0 saturated carbocycles. The topological polar surface area (TPSA) is 86.2 Å². The van der Waals surface area contributed by atoms with E-state index in [4.69, 9.17) is 14.5 Å². The molecule has 4 rings (SSSR count). The molecule has 2 aromatic carbocycles. The number of nitrogens with zero attached hydrogens (tertiary/aromatic N) is 3. The Morgan fingerprint density at radius 1 is 1.03 bits per heavy atom. The largest absolute Gasteiger partial charge is 0.493 e. The van der Waals surface area contributed by atoms with Gasteiger partial charge in [0.25, 0.3) is 5.91 Å². The SMILES string of the molecule is CCc1nnc(NC(=O)c2cc(-c3ccc(OC)c(OC)c3)nc3ccccc23)s1. The lowest BCUT2D eigenvalue weighted by atomic mass is 10.0. The number of amides is 1. The zero-order chi connectivity index (χ0) is 21.1. The number of benzene rings is 2. The first-order valence-corrected chi connectivity index (χ1v) is 10.2. The molecule has 0 radical (unpaired) electrons. The number of aromatic nitrogens is 3. The number of ether oxygens (including phenoxy) is 2. The van der Waals surface area contributed by atoms with Crippen molar-refractivity contribution in [1.82, 2.24) is 15.2 Å². The molecule has 152 valence electrons. The maximum absolute atomic E-state index is 13.1. The molecule has 0 saturated heterocycles. The normalized spacial score (nSPS) is 10.8. The highest BCUT2D eigenvalue weighted by Gasteiger charge is 2.17. The number of carbonyl (C=O) groups is 1. The second kappa shape index (κ2) is 8.46. The molecule has 0 aliphatic rings. The number of anilines is 1. The van der Waals surface area contributed by atoms with Crippen LogP contribution in [0.15, 0.2) is 48.5 Å². The van der Waals surface area contributed by atoms with E-state index < -0.39 is 0 Å². The van der Waals surface area contributed by atoms with E-state index in [0.717, 1.165) is 27.9 Å². The van der Waals surface area contributed by atoms with Gasteiger partial charge in [-0.2, -0.15) is 0 Å². The van der Waals surface area contributed by atoms with Crippen LogP contribution in [0, 0.1) is 0 Å². The van der Waals surface area contributed by atoms with Crippen molar-refractivity contribution in [2.75, 3.05) is 19.5 Å². The van der Waals surface area contributed by atoms with Gasteiger partial charge in [0.1, 0.15) is 5.01 Å². The summed E-state index contributed by atoms with van der Waals surface area (Å²) < 4.78 is 10.7. The number of aryl methyl sites for hydroxylation is 1. The van der Waals surface area contributed by atoms with Gasteiger partial charge in [-0.25, -0.2) is 4.98 Å². The molecular weight excluding hydrogens is 400 g/mol. The minimum Gasteiger partial charge on any atom is -0.493 e. The van der Waals surface area contributed by atoms with Crippen LogP contribution in [-0.2, 0) is 6.42 Å². The molecular formula is C22H20N4O3S. The average Bonchev–Trinajstić information content (AvgIpc) is 3.25. The molecule has 30 heavy (non-hydrogen) atoms. The number of hydrogen-bond donors (Lipinski definition) is 1. The van der Waals surface area contributed by atoms with E-state index >= 15 is 0 Å². The number of fused-ring (bicyclic) bond motifs is 1. The molecule has 0 atom stereocenters. The zero-order valence-electron chi connectivity index (χ0n) is 16.8. The van der Waals surface area contributed by atoms with Crippen LogP contribution >= 0.6 is 11.3 Å². The predicted octanol–water partition coefficient (Wildman–Crippen LogP) is 4.59. The molecule has 0 spiro atoms. The van der Waals surface area contributed by atoms with E-state index in [9.17, 15) is 4.79 Å². The van der Waals surface area contributed by atoms with Crippen LogP contribution in [0.5, 0.6) is 11.5 Å². The van der Waals surface area contributed by atoms with E-state index in [2.05, 4.69) is 15.5 Å². The van der Waals surface area contributed by atoms with Gasteiger partial charge >= 0.3 is 0 Å². The smallest absolute Gasteiger partial charge is 0.258 e. The summed E-state index contributed by atoms with van der Waals surface area (Å²) in [5, 5.41) is 13.1. The summed E-state index contributed by atoms with van der Waals surface area (Å²) in [5.41, 5.74) is 2.71. The summed E-state index contributed by atoms with van der Waals surface area (Å²) >= 11 is 1.37. The summed E-state index contributed by atoms with van der Waals surface area (Å²) in [4.78, 5) is 17.8. The molecule has 1 N–H and O–H groups in total. The van der Waals surface area contributed by atoms with Crippen LogP contribution in [0.25, 0.3) is 22.2 Å². The maximum atomic E-state index is 13.1. The summed E-state index contributed by atoms with van der Waals surface area (Å²) in [6.07, 6.45) is 0.773. The first-order chi connectivity index (χ1) is 14.6. The highest BCUT2D eigenvalue weighted by Crippen LogP contribution is 2.33. The fourth-order valence-electron chi connectivity index (χ4n) is 3.12. The lowest BCUT2D eigenvalue weighted by Gasteiger charge is -2.12. The van der Waals surface area contributed by atoms with E-state index in [1.807, 2.05) is 49.4 Å². The molecule has 0 aliphatic heterocycles. The third-order valence-electron chi connectivity index (χ3n) is 4.63. The highest BCUT2D eigenvalue weighted by molar-refractivity contribution is 7.15. The van der Waals surface area contributed by atoms with Crippen LogP contribution in [0.3, 0.4) is 0 Å². The quantitative estimate of drug-likeness (QED) is 0.491. The molecule has 4 aromatic rings. The number of nitrogens with one attached hydrogen (secondary N) is 1. The summed E-state index contributed by atoms with van der Waals surface area (Å²) in [5.74, 6) is 0.967. The molecule has 7 nitrogen and oxygen atoms in total. The van der Waals surface area contributed by atoms with Crippen molar-refractivity contribution in [3.63, 3.8) is 0 Å². The van der Waals surface area contributed by atoms with Gasteiger partial charge in [-0.1, -0.05) is 36.5 Å². The third-order valence-corrected chi connectivity index (χ3v) is 5.61. The minimum atomic E-state index is -0.255.